The van der Waals surface area contributed by atoms with Gasteiger partial charge >= 0.3 is 0 Å². The van der Waals surface area contributed by atoms with E-state index in [1.807, 2.05) is 0 Å². The van der Waals surface area contributed by atoms with Crippen molar-refractivity contribution in [2.24, 2.45) is 0 Å². The van der Waals surface area contributed by atoms with E-state index < -0.39 is 0 Å². The number of hydrogen-bond donors (Lipinski definition) is 69. The fraction of sp³-hybridized carbons (Fsp3) is 0. The molecule has 0 aromatic carbocycles. The van der Waals surface area contributed by atoms with E-state index >= 15 is 0 Å². The first-order valence-electron chi connectivity index (χ1n) is 0. The summed E-state index contributed by atoms with van der Waals surface area (Å²) in [7, 11) is 0. The first-order valence-corrected chi connectivity index (χ1v) is 0. The summed E-state index contributed by atoms with van der Waals surface area (Å²) < 4.78 is 0. The van der Waals surface area contributed by atoms with Gasteiger partial charge in [-0.1, -0.05) is 0 Å². The summed E-state index contributed by atoms with van der Waals surface area (Å²) in [5.74, 6) is 0. The van der Waals surface area contributed by atoms with E-state index in [1.54, 1.807) is 0 Å². The van der Waals surface area contributed by atoms with Gasteiger partial charge in [0.1, 0.15) is 0 Å². The molecule has 617 valence electrons. The van der Waals surface area contributed by atoms with E-state index in [2.05, 4.69) is 0 Å². The molecule has 0 saturated heterocycles. The van der Waals surface area contributed by atoms with Crippen LogP contribution in [-0.4, -0.2) is 0 Å². The van der Waals surface area contributed by atoms with Gasteiger partial charge < -0.3 is 424 Å². The van der Waals surface area contributed by atoms with Gasteiger partial charge in [0.15, 0.2) is 0 Å². The molecule has 0 rings (SSSR count). The number of rotatable bonds is 0. The molecule has 0 aliphatic carbocycles. The van der Waals surface area contributed by atoms with Crippen LogP contribution in [0.1, 0.15) is 0 Å². The monoisotopic (exact) mass is 1310 g/mol. The summed E-state index contributed by atoms with van der Waals surface area (Å²) in [5.41, 5.74) is 0. The smallest absolute Gasteiger partial charge is 0 e. The minimum Gasteiger partial charge on any atom is -0.344 e. The molecule has 0 aliphatic heterocycles. The van der Waals surface area contributed by atoms with Gasteiger partial charge in [0.05, 0.1) is 0 Å². The molecular formula is H207He30N70. The van der Waals surface area contributed by atoms with Crippen LogP contribution in [-0.2, 0) is 0 Å². The van der Waals surface area contributed by atoms with Gasteiger partial charge in [0.2, 0.25) is 0 Å². The summed E-state index contributed by atoms with van der Waals surface area (Å²) in [6, 6.07) is 0. The van der Waals surface area contributed by atoms with Crippen molar-refractivity contribution >= 4 is 0 Å². The SMILES string of the molecule is N.N.N.N.N.N.N.N.N.N.N.N.N.N.N.N.N.N.N.N.N.N.N.N.N.N.N.N.N.N.N.N.N.N.N.N.N.N.N.N.N.N.N.N.N.N.N.N.N.N.N.N.N.N.N.N.N.N.N.N.N.N.N.N.N.N.N.N.N.[He].[He].[He].[He].[He].[He].[He].[He].[He].[He].[He].[He].[He].[He].[He].[He].[He].[He].[He].[He].[He].[He].[He].[He].[He].[He].[He].[He].[He].[He].[N]. The minimum atomic E-state index is 0. The molecule has 0 spiro atoms. The number of nitrogens with zero attached hydrogens (tertiary/aromatic N) is 1. The molecule has 0 heterocycles. The molecule has 0 aliphatic rings. The largest absolute Gasteiger partial charge is 0.344 e. The molecule has 0 bridgehead atoms. The molecule has 0 atom stereocenters. The van der Waals surface area contributed by atoms with Crippen LogP contribution in [0.5, 0.6) is 0 Å². The normalized spacial score (nSPS) is 0. The first kappa shape index (κ1) is 27000. The zero-order chi connectivity index (χ0) is 0. The van der Waals surface area contributed by atoms with Gasteiger partial charge in [-0.25, -0.2) is 0 Å². The molecule has 207 N–H and O–H groups in total. The molecule has 100 heteroatoms. The Morgan fingerprint density at radius 1 is 0.0300 bits per heavy atom. The topological polar surface area (TPSA) is 2450 Å². The average Bonchev–Trinajstić information content (AvgIpc) is 0. The van der Waals surface area contributed by atoms with Crippen LogP contribution in [0.15, 0.2) is 0 Å². The fourth-order valence-electron chi connectivity index (χ4n) is 0. The van der Waals surface area contributed by atoms with E-state index in [1.165, 1.54) is 0 Å². The van der Waals surface area contributed by atoms with Crippen LogP contribution in [0.3, 0.4) is 0 Å². The van der Waals surface area contributed by atoms with Crippen molar-refractivity contribution in [3.63, 3.8) is 0 Å². The first-order chi connectivity index (χ1) is 0. The maximum absolute atomic E-state index is 0. The van der Waals surface area contributed by atoms with Crippen molar-refractivity contribution < 1.29 is 185 Å². The molecular weight excluding hydrogens is 1100 g/mol. The predicted molar refractivity (Wildman–Crippen MR) is 349 cm³/mol. The second-order valence-electron chi connectivity index (χ2n) is 0. The van der Waals surface area contributed by atoms with Crippen molar-refractivity contribution in [3.8, 4) is 0 Å². The van der Waals surface area contributed by atoms with Crippen LogP contribution >= 0.6 is 0 Å². The van der Waals surface area contributed by atoms with Crippen molar-refractivity contribution in [1.82, 2.24) is 431 Å². The zero-order valence-electron chi connectivity index (χ0n) is 70.5. The van der Waals surface area contributed by atoms with Crippen molar-refractivity contribution in [2.75, 3.05) is 0 Å². The quantitative estimate of drug-likeness (QED) is 0.107. The van der Waals surface area contributed by atoms with E-state index in [9.17, 15) is 0 Å². The third-order valence-electron chi connectivity index (χ3n) is 0. The molecule has 70 nitrogen and oxygen atoms in total. The summed E-state index contributed by atoms with van der Waals surface area (Å²) in [5, 5.41) is 0. The second kappa shape index (κ2) is 26200. The Labute approximate surface area is 615 Å². The van der Waals surface area contributed by atoms with Gasteiger partial charge in [0, 0.05) is 191 Å². The van der Waals surface area contributed by atoms with Gasteiger partial charge in [-0.15, -0.1) is 0 Å². The summed E-state index contributed by atoms with van der Waals surface area (Å²) in [4.78, 5) is 0. The molecule has 3 radical (unpaired) electrons. The molecule has 0 saturated carbocycles. The molecule has 0 amide bonds. The molecule has 0 fully saturated rings. The molecule has 0 aromatic heterocycles. The van der Waals surface area contributed by atoms with Crippen LogP contribution in [0.2, 0.25) is 0 Å². The third kappa shape index (κ3) is 25300. The molecule has 100 heavy (non-hydrogen) atoms. The summed E-state index contributed by atoms with van der Waals surface area (Å²) in [6.07, 6.45) is 0. The standard InChI is InChI=1S/30He.69H3N.N/h;;;;;;;;;;;;;;;;;;;;;;;;;;;;;;69*1H3;. The minimum absolute atomic E-state index is 0. The van der Waals surface area contributed by atoms with Gasteiger partial charge in [-0.05, 0) is 0 Å². The molecule has 0 aromatic rings. The van der Waals surface area contributed by atoms with E-state index in [-0.39, 0.29) is 615 Å². The zero-order valence-corrected chi connectivity index (χ0v) is 70.5. The average molecular weight is 1310 g/mol. The summed E-state index contributed by atoms with van der Waals surface area (Å²) in [6.45, 7) is 0. The van der Waals surface area contributed by atoms with E-state index in [4.69, 9.17) is 0 Å². The van der Waals surface area contributed by atoms with Crippen molar-refractivity contribution in [1.29, 1.82) is 0 Å². The Hall–Kier alpha value is -5.53. The fourth-order valence-corrected chi connectivity index (χ4v) is 0. The molecule has 0 unspecified atom stereocenters. The van der Waals surface area contributed by atoms with Crippen molar-refractivity contribution in [2.45, 2.75) is 0 Å². The predicted octanol–water partition coefficient (Wildman–Crippen LogP) is 10.7. The van der Waals surface area contributed by atoms with E-state index in [0.717, 1.165) is 0 Å². The van der Waals surface area contributed by atoms with Crippen molar-refractivity contribution in [3.05, 3.63) is 0 Å². The number of hydrogen-bond acceptors (Lipinski definition) is 69. The Morgan fingerprint density at radius 3 is 0.0300 bits per heavy atom. The van der Waals surface area contributed by atoms with Crippen LogP contribution in [0, 0.1) is 185 Å². The Kier molecular flexibility index (Phi) is 7070000. The van der Waals surface area contributed by atoms with Gasteiger partial charge in [-0.2, -0.15) is 0 Å². The Balaban J connectivity index is 0. The van der Waals surface area contributed by atoms with Crippen LogP contribution in [0.4, 0.5) is 0 Å². The van der Waals surface area contributed by atoms with Crippen LogP contribution < -0.4 is 431 Å². The second-order valence-corrected chi connectivity index (χ2v) is 0. The van der Waals surface area contributed by atoms with E-state index in [0.29, 0.717) is 0 Å². The maximum Gasteiger partial charge on any atom is 0 e. The van der Waals surface area contributed by atoms with Gasteiger partial charge in [0.25, 0.3) is 0 Å². The Morgan fingerprint density at radius 2 is 0.0300 bits per heavy atom. The maximum atomic E-state index is 0. The van der Waals surface area contributed by atoms with Gasteiger partial charge in [-0.3, -0.25) is 0 Å². The summed E-state index contributed by atoms with van der Waals surface area (Å²) >= 11 is 0. The van der Waals surface area contributed by atoms with Crippen LogP contribution in [0.25, 0.3) is 0 Å². The Bertz CT molecular complexity index is 88.1. The third-order valence-corrected chi connectivity index (χ3v) is 0.